The number of alkyl halides is 3. The minimum absolute atomic E-state index is 0.0269. The van der Waals surface area contributed by atoms with E-state index in [2.05, 4.69) is 30.8 Å². The smallest absolute Gasteiger partial charge is 0.421 e. The molecule has 2 aliphatic rings. The topological polar surface area (TPSA) is 121 Å². The molecule has 11 nitrogen and oxygen atoms in total. The summed E-state index contributed by atoms with van der Waals surface area (Å²) in [7, 11) is 1.49. The fraction of sp³-hybridized carbons (Fsp3) is 0.357. The van der Waals surface area contributed by atoms with E-state index in [1.807, 2.05) is 6.07 Å². The molecule has 42 heavy (non-hydrogen) atoms. The Bertz CT molecular complexity index is 1480. The second kappa shape index (κ2) is 12.0. The van der Waals surface area contributed by atoms with Crippen molar-refractivity contribution in [2.75, 3.05) is 60.7 Å². The van der Waals surface area contributed by atoms with Gasteiger partial charge in [0.25, 0.3) is 0 Å². The van der Waals surface area contributed by atoms with E-state index in [4.69, 9.17) is 9.47 Å². The first-order valence-electron chi connectivity index (χ1n) is 13.4. The van der Waals surface area contributed by atoms with Crippen molar-refractivity contribution in [2.24, 2.45) is 0 Å². The molecule has 2 amide bonds. The molecule has 0 spiro atoms. The molecule has 3 N–H and O–H groups in total. The largest absolute Gasteiger partial charge is 0.494 e. The van der Waals surface area contributed by atoms with Crippen LogP contribution in [0.15, 0.2) is 42.6 Å². The number of hydrogen-bond donors (Lipinski definition) is 3. The van der Waals surface area contributed by atoms with Gasteiger partial charge in [-0.1, -0.05) is 12.1 Å². The van der Waals surface area contributed by atoms with Crippen LogP contribution in [0, 0.1) is 0 Å². The maximum absolute atomic E-state index is 13.8. The van der Waals surface area contributed by atoms with E-state index in [-0.39, 0.29) is 30.9 Å². The molecule has 0 aliphatic carbocycles. The lowest BCUT2D eigenvalue weighted by atomic mass is 10.0. The Kier molecular flexibility index (Phi) is 8.22. The van der Waals surface area contributed by atoms with Crippen molar-refractivity contribution in [3.05, 3.63) is 59.3 Å². The summed E-state index contributed by atoms with van der Waals surface area (Å²) >= 11 is 0. The number of fused-ring (bicyclic) bond motifs is 1. The van der Waals surface area contributed by atoms with Crippen molar-refractivity contribution >= 4 is 40.8 Å². The second-order valence-electron chi connectivity index (χ2n) is 9.66. The van der Waals surface area contributed by atoms with E-state index in [0.29, 0.717) is 55.5 Å². The first-order valence-corrected chi connectivity index (χ1v) is 13.4. The number of carbonyl (C=O) groups excluding carboxylic acids is 2. The SMILES string of the molecule is CCOC(=O)N1CCN(c2ccc(Nc3ncc(C(F)(F)F)c(NCc4cccc5c4CC(=O)N5)n3)c(OC)c2)CC1. The van der Waals surface area contributed by atoms with Crippen LogP contribution in [0.5, 0.6) is 5.75 Å². The number of rotatable bonds is 8. The Balaban J connectivity index is 1.32. The van der Waals surface area contributed by atoms with Gasteiger partial charge in [0.1, 0.15) is 17.1 Å². The van der Waals surface area contributed by atoms with E-state index >= 15 is 0 Å². The lowest BCUT2D eigenvalue weighted by Gasteiger charge is -2.35. The highest BCUT2D eigenvalue weighted by Gasteiger charge is 2.35. The van der Waals surface area contributed by atoms with Gasteiger partial charge in [0.15, 0.2) is 0 Å². The number of methoxy groups -OCH3 is 1. The molecule has 0 bridgehead atoms. The number of anilines is 5. The van der Waals surface area contributed by atoms with Crippen LogP contribution in [0.3, 0.4) is 0 Å². The maximum Gasteiger partial charge on any atom is 0.421 e. The fourth-order valence-corrected chi connectivity index (χ4v) is 4.91. The number of nitrogens with zero attached hydrogens (tertiary/aromatic N) is 4. The molecule has 0 radical (unpaired) electrons. The minimum Gasteiger partial charge on any atom is -0.494 e. The molecular weight excluding hydrogens is 555 g/mol. The monoisotopic (exact) mass is 585 g/mol. The molecule has 222 valence electrons. The van der Waals surface area contributed by atoms with Gasteiger partial charge in [-0.15, -0.1) is 0 Å². The van der Waals surface area contributed by atoms with E-state index in [0.717, 1.165) is 17.4 Å². The van der Waals surface area contributed by atoms with E-state index in [9.17, 15) is 22.8 Å². The quantitative estimate of drug-likeness (QED) is 0.347. The highest BCUT2D eigenvalue weighted by molar-refractivity contribution is 5.99. The highest BCUT2D eigenvalue weighted by atomic mass is 19.4. The number of hydrogen-bond acceptors (Lipinski definition) is 9. The van der Waals surface area contributed by atoms with Crippen molar-refractivity contribution in [2.45, 2.75) is 26.1 Å². The number of aromatic nitrogens is 2. The van der Waals surface area contributed by atoms with E-state index in [1.54, 1.807) is 42.2 Å². The Morgan fingerprint density at radius 2 is 1.93 bits per heavy atom. The number of nitrogens with one attached hydrogen (secondary N) is 3. The van der Waals surface area contributed by atoms with Gasteiger partial charge in [-0.3, -0.25) is 4.79 Å². The van der Waals surface area contributed by atoms with Gasteiger partial charge in [-0.25, -0.2) is 9.78 Å². The molecule has 0 saturated carbocycles. The normalized spacial score (nSPS) is 14.7. The van der Waals surface area contributed by atoms with Gasteiger partial charge in [0.2, 0.25) is 11.9 Å². The van der Waals surface area contributed by atoms with Crippen LogP contribution < -0.4 is 25.6 Å². The van der Waals surface area contributed by atoms with Crippen molar-refractivity contribution < 1.29 is 32.2 Å². The Hall–Kier alpha value is -4.75. The van der Waals surface area contributed by atoms with Gasteiger partial charge < -0.3 is 35.2 Å². The zero-order valence-electron chi connectivity index (χ0n) is 23.0. The molecule has 0 atom stereocenters. The number of amides is 2. The number of benzene rings is 2. The van der Waals surface area contributed by atoms with Crippen LogP contribution in [0.2, 0.25) is 0 Å². The fourth-order valence-electron chi connectivity index (χ4n) is 4.91. The summed E-state index contributed by atoms with van der Waals surface area (Å²) in [6.07, 6.45) is -4.14. The molecule has 2 aliphatic heterocycles. The van der Waals surface area contributed by atoms with E-state index in [1.165, 1.54) is 7.11 Å². The predicted molar refractivity (Wildman–Crippen MR) is 150 cm³/mol. The van der Waals surface area contributed by atoms with Gasteiger partial charge in [-0.05, 0) is 36.2 Å². The summed E-state index contributed by atoms with van der Waals surface area (Å²) in [4.78, 5) is 35.6. The number of piperazine rings is 1. The standard InChI is InChI=1S/C28H30F3N7O4/c1-3-42-27(40)38-11-9-37(10-12-38)18-7-8-22(23(13-18)41-2)35-26-33-16-20(28(29,30)31)25(36-26)32-15-17-5-4-6-21-19(17)14-24(39)34-21/h4-8,13,16H,3,9-12,14-15H2,1-2H3,(H,34,39)(H2,32,33,35,36). The molecule has 3 aromatic rings. The lowest BCUT2D eigenvalue weighted by molar-refractivity contribution is -0.137. The van der Waals surface area contributed by atoms with Crippen molar-refractivity contribution in [1.82, 2.24) is 14.9 Å². The van der Waals surface area contributed by atoms with Gasteiger partial charge >= 0.3 is 12.3 Å². The average molecular weight is 586 g/mol. The third kappa shape index (κ3) is 6.26. The highest BCUT2D eigenvalue weighted by Crippen LogP contribution is 2.36. The molecule has 2 aromatic carbocycles. The average Bonchev–Trinajstić information content (AvgIpc) is 3.37. The van der Waals surface area contributed by atoms with E-state index < -0.39 is 17.6 Å². The third-order valence-electron chi connectivity index (χ3n) is 7.03. The molecule has 1 fully saturated rings. The zero-order valence-corrected chi connectivity index (χ0v) is 23.0. The van der Waals surface area contributed by atoms with Crippen molar-refractivity contribution in [3.63, 3.8) is 0 Å². The Morgan fingerprint density at radius 3 is 2.64 bits per heavy atom. The van der Waals surface area contributed by atoms with Gasteiger partial charge in [0.05, 0.1) is 25.8 Å². The summed E-state index contributed by atoms with van der Waals surface area (Å²) in [5, 5.41) is 8.48. The maximum atomic E-state index is 13.8. The second-order valence-corrected chi connectivity index (χ2v) is 9.66. The summed E-state index contributed by atoms with van der Waals surface area (Å²) in [5.74, 6) is -0.184. The lowest BCUT2D eigenvalue weighted by Crippen LogP contribution is -2.49. The zero-order chi connectivity index (χ0) is 29.9. The molecule has 3 heterocycles. The van der Waals surface area contributed by atoms with Crippen LogP contribution in [0.4, 0.5) is 46.8 Å². The molecule has 14 heteroatoms. The first-order chi connectivity index (χ1) is 20.2. The molecule has 1 saturated heterocycles. The summed E-state index contributed by atoms with van der Waals surface area (Å²) in [6.45, 7) is 4.32. The Morgan fingerprint density at radius 1 is 1.14 bits per heavy atom. The molecule has 0 unspecified atom stereocenters. The third-order valence-corrected chi connectivity index (χ3v) is 7.03. The van der Waals surface area contributed by atoms with Gasteiger partial charge in [-0.2, -0.15) is 18.2 Å². The first kappa shape index (κ1) is 28.8. The van der Waals surface area contributed by atoms with Gasteiger partial charge in [0, 0.05) is 56.4 Å². The van der Waals surface area contributed by atoms with Crippen molar-refractivity contribution in [1.29, 1.82) is 0 Å². The number of carbonyl (C=O) groups is 2. The molecule has 5 rings (SSSR count). The summed E-state index contributed by atoms with van der Waals surface area (Å²) in [6, 6.07) is 10.6. The molecular formula is C28H30F3N7O4. The molecule has 1 aromatic heterocycles. The minimum atomic E-state index is -4.69. The summed E-state index contributed by atoms with van der Waals surface area (Å²) in [5.41, 5.74) is 2.38. The van der Waals surface area contributed by atoms with Crippen LogP contribution in [-0.2, 0) is 28.7 Å². The van der Waals surface area contributed by atoms with Crippen molar-refractivity contribution in [3.8, 4) is 5.75 Å². The van der Waals surface area contributed by atoms with Crippen LogP contribution in [-0.4, -0.2) is 66.8 Å². The Labute approximate surface area is 240 Å². The summed E-state index contributed by atoms with van der Waals surface area (Å²) < 4.78 is 52.0. The van der Waals surface area contributed by atoms with Crippen LogP contribution >= 0.6 is 0 Å². The van der Waals surface area contributed by atoms with Crippen LogP contribution in [0.1, 0.15) is 23.6 Å². The number of halogens is 3. The predicted octanol–water partition coefficient (Wildman–Crippen LogP) is 4.63. The van der Waals surface area contributed by atoms with Crippen LogP contribution in [0.25, 0.3) is 0 Å². The number of ether oxygens (including phenoxy) is 2.